The molecule has 0 aliphatic carbocycles. The molecule has 4 nitrogen and oxygen atoms in total. The molecule has 3 atom stereocenters. The van der Waals surface area contributed by atoms with Crippen molar-refractivity contribution in [2.24, 2.45) is 0 Å². The maximum absolute atomic E-state index is 10.8. The number of esters is 1. The van der Waals surface area contributed by atoms with E-state index in [-0.39, 0.29) is 5.97 Å². The van der Waals surface area contributed by atoms with E-state index in [1.807, 2.05) is 0 Å². The Bertz CT molecular complexity index is 252. The number of carbonyl (C=O) groups is 1. The van der Waals surface area contributed by atoms with E-state index >= 15 is 0 Å². The lowest BCUT2D eigenvalue weighted by Crippen LogP contribution is -2.34. The van der Waals surface area contributed by atoms with Crippen LogP contribution in [-0.2, 0) is 14.3 Å². The summed E-state index contributed by atoms with van der Waals surface area (Å²) in [6, 6.07) is 0.370. The van der Waals surface area contributed by atoms with E-state index in [4.69, 9.17) is 4.74 Å². The van der Waals surface area contributed by atoms with Gasteiger partial charge >= 0.3 is 5.97 Å². The van der Waals surface area contributed by atoms with Gasteiger partial charge in [0.1, 0.15) is 0 Å². The molecule has 0 amide bonds. The molecule has 2 rings (SSSR count). The predicted octanol–water partition coefficient (Wildman–Crippen LogP) is 0.583. The van der Waals surface area contributed by atoms with Crippen molar-refractivity contribution in [1.29, 1.82) is 0 Å². The van der Waals surface area contributed by atoms with Crippen LogP contribution in [0.2, 0.25) is 0 Å². The van der Waals surface area contributed by atoms with Gasteiger partial charge in [-0.2, -0.15) is 0 Å². The van der Waals surface area contributed by atoms with Gasteiger partial charge in [0.05, 0.1) is 25.4 Å². The van der Waals surface area contributed by atoms with E-state index < -0.39 is 0 Å². The standard InChI is InChI=1S/C10H15NO3/c1-13-10(12)4-5-11-8-6-7-2-3-9(8)14-7/h4-5,7-9,11H,2-3,6H2,1H3/b5-4+. The first-order valence-corrected chi connectivity index (χ1v) is 4.95. The van der Waals surface area contributed by atoms with Gasteiger partial charge in [-0.15, -0.1) is 0 Å². The van der Waals surface area contributed by atoms with E-state index in [9.17, 15) is 4.79 Å². The quantitative estimate of drug-likeness (QED) is 0.531. The maximum atomic E-state index is 10.8. The van der Waals surface area contributed by atoms with Crippen molar-refractivity contribution in [1.82, 2.24) is 5.32 Å². The molecule has 0 aromatic heterocycles. The first-order valence-electron chi connectivity index (χ1n) is 4.95. The van der Waals surface area contributed by atoms with Crippen LogP contribution in [-0.4, -0.2) is 31.3 Å². The number of nitrogens with one attached hydrogen (secondary N) is 1. The smallest absolute Gasteiger partial charge is 0.331 e. The third kappa shape index (κ3) is 1.90. The topological polar surface area (TPSA) is 47.6 Å². The summed E-state index contributed by atoms with van der Waals surface area (Å²) in [6.07, 6.45) is 7.19. The Labute approximate surface area is 83.3 Å². The lowest BCUT2D eigenvalue weighted by atomic mass is 9.96. The molecule has 1 N–H and O–H groups in total. The van der Waals surface area contributed by atoms with Crippen molar-refractivity contribution < 1.29 is 14.3 Å². The van der Waals surface area contributed by atoms with Crippen molar-refractivity contribution >= 4 is 5.97 Å². The van der Waals surface area contributed by atoms with Crippen LogP contribution in [0.15, 0.2) is 12.3 Å². The summed E-state index contributed by atoms with van der Waals surface area (Å²) in [4.78, 5) is 10.8. The van der Waals surface area contributed by atoms with Crippen LogP contribution in [0.5, 0.6) is 0 Å². The minimum Gasteiger partial charge on any atom is -0.466 e. The summed E-state index contributed by atoms with van der Waals surface area (Å²) in [5, 5.41) is 3.17. The first kappa shape index (κ1) is 9.52. The fourth-order valence-electron chi connectivity index (χ4n) is 2.12. The third-order valence-electron chi connectivity index (χ3n) is 2.84. The molecule has 0 radical (unpaired) electrons. The first-order chi connectivity index (χ1) is 6.79. The van der Waals surface area contributed by atoms with Gasteiger partial charge in [0.25, 0.3) is 0 Å². The summed E-state index contributed by atoms with van der Waals surface area (Å²) in [6.45, 7) is 0. The molecule has 2 saturated heterocycles. The Morgan fingerprint density at radius 3 is 3.00 bits per heavy atom. The van der Waals surface area contributed by atoms with Crippen LogP contribution in [0.25, 0.3) is 0 Å². The molecule has 2 aliphatic rings. The molecular weight excluding hydrogens is 182 g/mol. The molecule has 2 heterocycles. The predicted molar refractivity (Wildman–Crippen MR) is 50.6 cm³/mol. The highest BCUT2D eigenvalue weighted by atomic mass is 16.5. The normalized spacial score (nSPS) is 35.1. The highest BCUT2D eigenvalue weighted by Gasteiger charge is 2.40. The Morgan fingerprint density at radius 1 is 1.57 bits per heavy atom. The highest BCUT2D eigenvalue weighted by molar-refractivity contribution is 5.81. The molecule has 78 valence electrons. The molecule has 0 aromatic rings. The average Bonchev–Trinajstić information content (AvgIpc) is 2.79. The second-order valence-corrected chi connectivity index (χ2v) is 3.74. The second kappa shape index (κ2) is 4.00. The van der Waals surface area contributed by atoms with E-state index in [0.717, 1.165) is 12.8 Å². The lowest BCUT2D eigenvalue weighted by Gasteiger charge is -2.18. The summed E-state index contributed by atoms with van der Waals surface area (Å²) in [5.74, 6) is -0.332. The fraction of sp³-hybridized carbons (Fsp3) is 0.700. The summed E-state index contributed by atoms with van der Waals surface area (Å²) in [5.41, 5.74) is 0. The highest BCUT2D eigenvalue weighted by Crippen LogP contribution is 2.34. The monoisotopic (exact) mass is 197 g/mol. The van der Waals surface area contributed by atoms with Gasteiger partial charge in [0, 0.05) is 12.3 Å². The molecule has 2 aliphatic heterocycles. The van der Waals surface area contributed by atoms with Crippen molar-refractivity contribution in [3.63, 3.8) is 0 Å². The maximum Gasteiger partial charge on any atom is 0.331 e. The van der Waals surface area contributed by atoms with Crippen LogP contribution < -0.4 is 5.32 Å². The minimum atomic E-state index is -0.332. The number of ether oxygens (including phenoxy) is 2. The van der Waals surface area contributed by atoms with Crippen molar-refractivity contribution in [2.45, 2.75) is 37.5 Å². The lowest BCUT2D eigenvalue weighted by molar-refractivity contribution is -0.134. The van der Waals surface area contributed by atoms with Gasteiger partial charge in [-0.25, -0.2) is 4.79 Å². The fourth-order valence-corrected chi connectivity index (χ4v) is 2.12. The number of hydrogen-bond acceptors (Lipinski definition) is 4. The van der Waals surface area contributed by atoms with E-state index in [0.29, 0.717) is 18.2 Å². The molecule has 2 bridgehead atoms. The van der Waals surface area contributed by atoms with Gasteiger partial charge in [0.2, 0.25) is 0 Å². The van der Waals surface area contributed by atoms with E-state index in [1.54, 1.807) is 6.20 Å². The number of fused-ring (bicyclic) bond motifs is 2. The molecule has 3 unspecified atom stereocenters. The van der Waals surface area contributed by atoms with E-state index in [1.165, 1.54) is 19.6 Å². The molecule has 0 saturated carbocycles. The minimum absolute atomic E-state index is 0.332. The average molecular weight is 197 g/mol. The van der Waals surface area contributed by atoms with Crippen LogP contribution in [0.4, 0.5) is 0 Å². The number of carbonyl (C=O) groups excluding carboxylic acids is 1. The number of rotatable bonds is 3. The number of hydrogen-bond donors (Lipinski definition) is 1. The van der Waals surface area contributed by atoms with Gasteiger partial charge < -0.3 is 14.8 Å². The van der Waals surface area contributed by atoms with Crippen molar-refractivity contribution in [2.75, 3.05) is 7.11 Å². The van der Waals surface area contributed by atoms with E-state index in [2.05, 4.69) is 10.1 Å². The van der Waals surface area contributed by atoms with Gasteiger partial charge in [-0.3, -0.25) is 0 Å². The zero-order valence-corrected chi connectivity index (χ0v) is 8.23. The molecule has 4 heteroatoms. The zero-order valence-electron chi connectivity index (χ0n) is 8.23. The van der Waals surface area contributed by atoms with Gasteiger partial charge in [0.15, 0.2) is 0 Å². The summed E-state index contributed by atoms with van der Waals surface area (Å²) < 4.78 is 10.1. The molecule has 0 aromatic carbocycles. The SMILES string of the molecule is COC(=O)/C=C/NC1CC2CCC1O2. The third-order valence-corrected chi connectivity index (χ3v) is 2.84. The van der Waals surface area contributed by atoms with Gasteiger partial charge in [-0.1, -0.05) is 0 Å². The Kier molecular flexibility index (Phi) is 2.72. The van der Waals surface area contributed by atoms with Crippen LogP contribution >= 0.6 is 0 Å². The Balaban J connectivity index is 1.76. The van der Waals surface area contributed by atoms with Gasteiger partial charge in [-0.05, 0) is 19.3 Å². The second-order valence-electron chi connectivity index (χ2n) is 3.74. The molecular formula is C10H15NO3. The van der Waals surface area contributed by atoms with Crippen molar-refractivity contribution in [3.8, 4) is 0 Å². The Morgan fingerprint density at radius 2 is 2.43 bits per heavy atom. The Hall–Kier alpha value is -1.03. The van der Waals surface area contributed by atoms with Crippen LogP contribution in [0.3, 0.4) is 0 Å². The van der Waals surface area contributed by atoms with Crippen molar-refractivity contribution in [3.05, 3.63) is 12.3 Å². The summed E-state index contributed by atoms with van der Waals surface area (Å²) >= 11 is 0. The van der Waals surface area contributed by atoms with Crippen LogP contribution in [0, 0.1) is 0 Å². The number of methoxy groups -OCH3 is 1. The zero-order chi connectivity index (χ0) is 9.97. The van der Waals surface area contributed by atoms with Crippen LogP contribution in [0.1, 0.15) is 19.3 Å². The molecule has 0 spiro atoms. The molecule has 14 heavy (non-hydrogen) atoms. The largest absolute Gasteiger partial charge is 0.466 e. The summed E-state index contributed by atoms with van der Waals surface area (Å²) in [7, 11) is 1.37. The molecule has 2 fully saturated rings.